The van der Waals surface area contributed by atoms with Crippen molar-refractivity contribution in [2.75, 3.05) is 0 Å². The van der Waals surface area contributed by atoms with E-state index >= 15 is 0 Å². The van der Waals surface area contributed by atoms with Crippen molar-refractivity contribution < 1.29 is 9.50 Å². The minimum Gasteiger partial charge on any atom is -0.390 e. The first-order valence-corrected chi connectivity index (χ1v) is 4.58. The fourth-order valence-electron chi connectivity index (χ4n) is 1.24. The Morgan fingerprint density at radius 1 is 1.33 bits per heavy atom. The van der Waals surface area contributed by atoms with Crippen molar-refractivity contribution in [1.82, 2.24) is 0 Å². The Bertz CT molecular complexity index is 147. The maximum absolute atomic E-state index is 12.6. The summed E-state index contributed by atoms with van der Waals surface area (Å²) in [5.74, 6) is 0. The molecule has 1 rings (SSSR count). The third-order valence-corrected chi connectivity index (χ3v) is 2.02. The molecule has 0 radical (unpaired) electrons. The summed E-state index contributed by atoms with van der Waals surface area (Å²) in [5.41, 5.74) is 2.24. The second-order valence-electron chi connectivity index (χ2n) is 3.10. The second kappa shape index (κ2) is 5.31. The zero-order chi connectivity index (χ0) is 9.72. The Morgan fingerprint density at radius 2 is 1.83 bits per heavy atom. The van der Waals surface area contributed by atoms with Crippen LogP contribution in [0.3, 0.4) is 0 Å². The lowest BCUT2D eigenvalue weighted by atomic mass is 10.1. The molecule has 1 saturated carbocycles. The lowest BCUT2D eigenvalue weighted by molar-refractivity contribution is 0.103. The van der Waals surface area contributed by atoms with Gasteiger partial charge in [-0.05, 0) is 20.3 Å². The molecule has 0 aromatic rings. The maximum atomic E-state index is 12.6. The van der Waals surface area contributed by atoms with Crippen LogP contribution in [0.4, 0.5) is 4.39 Å². The van der Waals surface area contributed by atoms with E-state index < -0.39 is 12.3 Å². The van der Waals surface area contributed by atoms with Crippen LogP contribution in [0.1, 0.15) is 40.5 Å². The van der Waals surface area contributed by atoms with Crippen LogP contribution in [-0.2, 0) is 0 Å². The molecule has 0 heterocycles. The normalized spacial score (nSPS) is 28.0. The van der Waals surface area contributed by atoms with E-state index in [0.717, 1.165) is 11.1 Å². The highest BCUT2D eigenvalue weighted by Crippen LogP contribution is 2.29. The second-order valence-corrected chi connectivity index (χ2v) is 3.10. The van der Waals surface area contributed by atoms with Crippen LogP contribution in [0.5, 0.6) is 0 Å². The Kier molecular flexibility index (Phi) is 5.14. The summed E-state index contributed by atoms with van der Waals surface area (Å²) in [6.45, 7) is 7.92. The topological polar surface area (TPSA) is 20.2 Å². The van der Waals surface area contributed by atoms with Gasteiger partial charge in [-0.3, -0.25) is 0 Å². The van der Waals surface area contributed by atoms with Gasteiger partial charge in [-0.2, -0.15) is 0 Å². The molecule has 0 amide bonds. The highest BCUT2D eigenvalue weighted by Gasteiger charge is 2.28. The average Bonchev–Trinajstić information content (AvgIpc) is 2.36. The lowest BCUT2D eigenvalue weighted by Crippen LogP contribution is -2.12. The van der Waals surface area contributed by atoms with Gasteiger partial charge in [0.25, 0.3) is 0 Å². The van der Waals surface area contributed by atoms with Gasteiger partial charge >= 0.3 is 0 Å². The third kappa shape index (κ3) is 2.94. The molecule has 1 aliphatic carbocycles. The van der Waals surface area contributed by atoms with Gasteiger partial charge in [0.2, 0.25) is 0 Å². The van der Waals surface area contributed by atoms with Crippen molar-refractivity contribution >= 4 is 0 Å². The monoisotopic (exact) mass is 174 g/mol. The van der Waals surface area contributed by atoms with Crippen LogP contribution < -0.4 is 0 Å². The molecule has 1 nitrogen and oxygen atoms in total. The molecular weight excluding hydrogens is 155 g/mol. The van der Waals surface area contributed by atoms with Crippen molar-refractivity contribution in [3.05, 3.63) is 11.1 Å². The Morgan fingerprint density at radius 3 is 2.00 bits per heavy atom. The molecule has 0 aromatic heterocycles. The molecule has 0 spiro atoms. The summed E-state index contributed by atoms with van der Waals surface area (Å²) in [4.78, 5) is 0. The fraction of sp³-hybridized carbons (Fsp3) is 0.800. The maximum Gasteiger partial charge on any atom is 0.130 e. The van der Waals surface area contributed by atoms with Gasteiger partial charge in [0, 0.05) is 6.42 Å². The number of hydrogen-bond donors (Lipinski definition) is 1. The van der Waals surface area contributed by atoms with E-state index in [1.165, 1.54) is 0 Å². The molecule has 1 fully saturated rings. The number of rotatable bonds is 0. The minimum absolute atomic E-state index is 0.434. The number of allylic oxidation sites excluding steroid dienone is 1. The summed E-state index contributed by atoms with van der Waals surface area (Å²) in [5, 5.41) is 9.01. The number of aliphatic hydroxyl groups excluding tert-OH is 1. The number of aliphatic hydroxyl groups is 1. The molecule has 2 unspecified atom stereocenters. The Labute approximate surface area is 74.3 Å². The summed E-state index contributed by atoms with van der Waals surface area (Å²) in [6, 6.07) is 0. The van der Waals surface area contributed by atoms with Gasteiger partial charge in [-0.25, -0.2) is 4.39 Å². The van der Waals surface area contributed by atoms with E-state index in [9.17, 15) is 4.39 Å². The van der Waals surface area contributed by atoms with Crippen LogP contribution in [0.15, 0.2) is 11.1 Å². The molecule has 72 valence electrons. The van der Waals surface area contributed by atoms with Crippen molar-refractivity contribution in [2.45, 2.75) is 52.8 Å². The van der Waals surface area contributed by atoms with Crippen LogP contribution in [0.25, 0.3) is 0 Å². The quantitative estimate of drug-likeness (QED) is 0.560. The number of hydrogen-bond acceptors (Lipinski definition) is 1. The smallest absolute Gasteiger partial charge is 0.130 e. The summed E-state index contributed by atoms with van der Waals surface area (Å²) >= 11 is 0. The highest BCUT2D eigenvalue weighted by atomic mass is 19.1. The van der Waals surface area contributed by atoms with E-state index in [1.54, 1.807) is 0 Å². The zero-order valence-corrected chi connectivity index (χ0v) is 8.39. The van der Waals surface area contributed by atoms with E-state index in [1.807, 2.05) is 27.7 Å². The van der Waals surface area contributed by atoms with Crippen LogP contribution in [0.2, 0.25) is 0 Å². The fourth-order valence-corrected chi connectivity index (χ4v) is 1.24. The first-order chi connectivity index (χ1) is 5.61. The standard InChI is InChI=1S/C8H13FO.C2H6/c1-5(2)6-3-7(9)8(10)4-6;1-2/h7-8,10H,3-4H2,1-2H3;1-2H3. The molecule has 0 aromatic carbocycles. The molecule has 0 saturated heterocycles. The summed E-state index contributed by atoms with van der Waals surface area (Å²) in [7, 11) is 0. The summed E-state index contributed by atoms with van der Waals surface area (Å²) < 4.78 is 12.6. The van der Waals surface area contributed by atoms with E-state index in [0.29, 0.717) is 12.8 Å². The van der Waals surface area contributed by atoms with Crippen molar-refractivity contribution in [2.24, 2.45) is 0 Å². The third-order valence-electron chi connectivity index (χ3n) is 2.02. The van der Waals surface area contributed by atoms with Crippen molar-refractivity contribution in [1.29, 1.82) is 0 Å². The van der Waals surface area contributed by atoms with Gasteiger partial charge in [0.15, 0.2) is 0 Å². The van der Waals surface area contributed by atoms with E-state index in [-0.39, 0.29) is 0 Å². The zero-order valence-electron chi connectivity index (χ0n) is 8.39. The minimum atomic E-state index is -1.02. The number of alkyl halides is 1. The SMILES string of the molecule is CC.CC(C)=C1CC(O)C(F)C1. The van der Waals surface area contributed by atoms with E-state index in [4.69, 9.17) is 5.11 Å². The molecule has 1 N–H and O–H groups in total. The van der Waals surface area contributed by atoms with Gasteiger partial charge in [0.1, 0.15) is 6.17 Å². The Hall–Kier alpha value is -0.370. The first-order valence-electron chi connectivity index (χ1n) is 4.58. The predicted molar refractivity (Wildman–Crippen MR) is 49.9 cm³/mol. The molecule has 12 heavy (non-hydrogen) atoms. The molecular formula is C10H19FO. The largest absolute Gasteiger partial charge is 0.390 e. The predicted octanol–water partition coefficient (Wildman–Crippen LogP) is 2.84. The van der Waals surface area contributed by atoms with Crippen molar-refractivity contribution in [3.8, 4) is 0 Å². The van der Waals surface area contributed by atoms with Crippen LogP contribution >= 0.6 is 0 Å². The molecule has 1 aliphatic rings. The van der Waals surface area contributed by atoms with Crippen molar-refractivity contribution in [3.63, 3.8) is 0 Å². The molecule has 0 aliphatic heterocycles. The van der Waals surface area contributed by atoms with Crippen LogP contribution in [-0.4, -0.2) is 17.4 Å². The van der Waals surface area contributed by atoms with Gasteiger partial charge < -0.3 is 5.11 Å². The number of halogens is 1. The lowest BCUT2D eigenvalue weighted by Gasteiger charge is -1.99. The van der Waals surface area contributed by atoms with Gasteiger partial charge in [-0.15, -0.1) is 0 Å². The average molecular weight is 174 g/mol. The molecule has 2 heteroatoms. The highest BCUT2D eigenvalue weighted by molar-refractivity contribution is 5.17. The molecule has 0 bridgehead atoms. The Balaban J connectivity index is 0.000000561. The summed E-state index contributed by atoms with van der Waals surface area (Å²) in [6.07, 6.45) is -0.803. The van der Waals surface area contributed by atoms with E-state index in [2.05, 4.69) is 0 Å². The van der Waals surface area contributed by atoms with Crippen LogP contribution in [0, 0.1) is 0 Å². The molecule has 2 atom stereocenters. The van der Waals surface area contributed by atoms with Gasteiger partial charge in [0.05, 0.1) is 6.10 Å². The first kappa shape index (κ1) is 11.6. The van der Waals surface area contributed by atoms with Gasteiger partial charge in [-0.1, -0.05) is 25.0 Å².